The SMILES string of the molecule is CC/C=C\C/C=C\C/C=C\C/C=C\CCCCC(=O)O[C@H](COC(=O)[C@@H](N)CS[C@H](/C=C/C=C/C=C\C/C=C\CCCCC)[C@@H](O)CCCC(=O)O)COP(=O)(O)OC[C@H](N)C(=O)O. The number of carbonyl (C=O) groups is 4. The molecular weight excluding hydrogens is 864 g/mol. The van der Waals surface area contributed by atoms with E-state index in [1.165, 1.54) is 31.0 Å². The normalized spacial score (nSPS) is 15.9. The number of hydrogen-bond acceptors (Lipinski definition) is 13. The lowest BCUT2D eigenvalue weighted by atomic mass is 10.1. The van der Waals surface area contributed by atoms with Crippen LogP contribution in [-0.4, -0.2) is 99.2 Å². The Hall–Kier alpha value is -3.86. The summed E-state index contributed by atoms with van der Waals surface area (Å²) in [6.45, 7) is 2.07. The summed E-state index contributed by atoms with van der Waals surface area (Å²) in [7, 11) is -4.87. The Morgan fingerprint density at radius 2 is 1.25 bits per heavy atom. The first-order chi connectivity index (χ1) is 30.7. The Morgan fingerprint density at radius 3 is 1.86 bits per heavy atom. The van der Waals surface area contributed by atoms with Gasteiger partial charge in [0.1, 0.15) is 18.7 Å². The van der Waals surface area contributed by atoms with Crippen LogP contribution in [0.4, 0.5) is 0 Å². The molecular formula is C47H75N2O13PS. The Kier molecular flexibility index (Phi) is 38.2. The average Bonchev–Trinajstić information content (AvgIpc) is 3.25. The Bertz CT molecular complexity index is 1580. The van der Waals surface area contributed by atoms with E-state index < -0.39 is 81.1 Å². The van der Waals surface area contributed by atoms with Gasteiger partial charge in [0.15, 0.2) is 6.10 Å². The van der Waals surface area contributed by atoms with Crippen molar-refractivity contribution in [2.45, 2.75) is 146 Å². The highest BCUT2D eigenvalue weighted by Gasteiger charge is 2.29. The van der Waals surface area contributed by atoms with Crippen molar-refractivity contribution in [3.8, 4) is 0 Å². The van der Waals surface area contributed by atoms with E-state index >= 15 is 0 Å². The maximum atomic E-state index is 13.0. The number of carboxylic acids is 2. The lowest BCUT2D eigenvalue weighted by Gasteiger charge is -2.22. The van der Waals surface area contributed by atoms with Gasteiger partial charge in [0.25, 0.3) is 0 Å². The molecule has 0 aliphatic rings. The summed E-state index contributed by atoms with van der Waals surface area (Å²) in [5.74, 6) is -4.04. The van der Waals surface area contributed by atoms with E-state index in [1.807, 2.05) is 30.4 Å². The van der Waals surface area contributed by atoms with Crippen LogP contribution in [0.15, 0.2) is 97.2 Å². The fourth-order valence-electron chi connectivity index (χ4n) is 5.20. The zero-order chi connectivity index (χ0) is 47.7. The zero-order valence-electron chi connectivity index (χ0n) is 37.7. The number of phosphoric acid groups is 1. The molecule has 0 aromatic carbocycles. The molecule has 0 amide bonds. The molecule has 0 saturated carbocycles. The Labute approximate surface area is 385 Å². The van der Waals surface area contributed by atoms with Crippen molar-refractivity contribution in [2.75, 3.05) is 25.6 Å². The summed E-state index contributed by atoms with van der Waals surface area (Å²) in [5.41, 5.74) is 11.5. The van der Waals surface area contributed by atoms with Crippen molar-refractivity contribution in [1.82, 2.24) is 0 Å². The number of aliphatic carboxylic acids is 2. The van der Waals surface area contributed by atoms with Gasteiger partial charge in [0, 0.05) is 23.8 Å². The standard InChI is InChI=1S/C47H75N2O13PS/c1-3-5-7-9-11-13-15-17-18-19-21-23-25-27-29-34-45(53)62-39(36-60-63(57,58)61-37-40(48)46(54)55)35-59-47(56)41(49)38-64-43(42(50)31-30-33-44(51)52)32-28-26-24-22-20-16-14-12-10-8-6-4-2/h5,7,11-14,17-18,20-24,26,28,32,39-43,50H,3-4,6,8-10,15-16,19,25,27,29-31,33-38,48-49H2,1-2H3,(H,51,52)(H,54,55)(H,57,58)/b7-5-,13-11-,14-12-,18-17-,22-20-,23-21-,26-24+,32-28+/t39-,40+,41+,42+,43-/m1/s1. The zero-order valence-corrected chi connectivity index (χ0v) is 39.5. The lowest BCUT2D eigenvalue weighted by Crippen LogP contribution is -2.38. The van der Waals surface area contributed by atoms with Gasteiger partial charge in [0.05, 0.1) is 19.3 Å². The number of phosphoric ester groups is 1. The second kappa shape index (κ2) is 40.6. The number of thioether (sulfide) groups is 1. The van der Waals surface area contributed by atoms with Crippen molar-refractivity contribution in [1.29, 1.82) is 0 Å². The molecule has 0 heterocycles. The maximum Gasteiger partial charge on any atom is 0.472 e. The van der Waals surface area contributed by atoms with Crippen molar-refractivity contribution in [2.24, 2.45) is 11.5 Å². The molecule has 0 aliphatic carbocycles. The second-order valence-corrected chi connectivity index (χ2v) is 17.3. The average molecular weight is 939 g/mol. The number of unbranched alkanes of at least 4 members (excludes halogenated alkanes) is 5. The molecule has 0 saturated heterocycles. The molecule has 0 aromatic rings. The molecule has 0 fully saturated rings. The molecule has 0 aliphatic heterocycles. The number of aliphatic hydroxyl groups is 1. The van der Waals surface area contributed by atoms with Gasteiger partial charge in [-0.3, -0.25) is 28.2 Å². The van der Waals surface area contributed by atoms with E-state index in [0.717, 1.165) is 44.9 Å². The number of allylic oxidation sites excluding steroid dienone is 15. The van der Waals surface area contributed by atoms with Crippen LogP contribution in [0, 0.1) is 0 Å². The first kappa shape index (κ1) is 60.1. The molecule has 1 unspecified atom stereocenters. The van der Waals surface area contributed by atoms with Gasteiger partial charge in [-0.1, -0.05) is 124 Å². The van der Waals surface area contributed by atoms with Crippen molar-refractivity contribution in [3.05, 3.63) is 97.2 Å². The number of carbonyl (C=O) groups excluding carboxylic acids is 2. The van der Waals surface area contributed by atoms with Gasteiger partial charge in [-0.15, -0.1) is 11.8 Å². The van der Waals surface area contributed by atoms with Crippen LogP contribution in [0.1, 0.15) is 117 Å². The van der Waals surface area contributed by atoms with E-state index in [1.54, 1.807) is 18.2 Å². The van der Waals surface area contributed by atoms with Crippen LogP contribution in [0.2, 0.25) is 0 Å². The molecule has 362 valence electrons. The molecule has 15 nitrogen and oxygen atoms in total. The molecule has 8 N–H and O–H groups in total. The molecule has 0 aromatic heterocycles. The minimum Gasteiger partial charge on any atom is -0.481 e. The van der Waals surface area contributed by atoms with E-state index in [9.17, 15) is 33.7 Å². The number of rotatable bonds is 40. The number of ether oxygens (including phenoxy) is 2. The van der Waals surface area contributed by atoms with Gasteiger partial charge in [-0.25, -0.2) is 4.57 Å². The Balaban J connectivity index is 5.35. The number of aliphatic hydroxyl groups excluding tert-OH is 1. The molecule has 0 bridgehead atoms. The second-order valence-electron chi connectivity index (χ2n) is 14.7. The van der Waals surface area contributed by atoms with Crippen LogP contribution in [0.5, 0.6) is 0 Å². The van der Waals surface area contributed by atoms with Gasteiger partial charge in [-0.2, -0.15) is 0 Å². The summed E-state index contributed by atoms with van der Waals surface area (Å²) >= 11 is 1.17. The number of hydrogen-bond donors (Lipinski definition) is 6. The smallest absolute Gasteiger partial charge is 0.472 e. The molecule has 0 radical (unpaired) electrons. The third-order valence-corrected chi connectivity index (χ3v) is 11.2. The van der Waals surface area contributed by atoms with Crippen molar-refractivity contribution < 1.29 is 62.5 Å². The summed E-state index contributed by atoms with van der Waals surface area (Å²) < 4.78 is 32.7. The highest BCUT2D eigenvalue weighted by molar-refractivity contribution is 8.00. The molecule has 64 heavy (non-hydrogen) atoms. The lowest BCUT2D eigenvalue weighted by molar-refractivity contribution is -0.161. The van der Waals surface area contributed by atoms with Crippen LogP contribution in [0.3, 0.4) is 0 Å². The van der Waals surface area contributed by atoms with Crippen LogP contribution in [0.25, 0.3) is 0 Å². The molecule has 17 heteroatoms. The first-order valence-electron chi connectivity index (χ1n) is 22.2. The van der Waals surface area contributed by atoms with Crippen LogP contribution in [-0.2, 0) is 42.3 Å². The van der Waals surface area contributed by atoms with E-state index in [2.05, 4.69) is 67.0 Å². The Morgan fingerprint density at radius 1 is 0.672 bits per heavy atom. The summed E-state index contributed by atoms with van der Waals surface area (Å²) in [6.07, 6.45) is 41.1. The molecule has 6 atom stereocenters. The summed E-state index contributed by atoms with van der Waals surface area (Å²) in [5, 5.41) is 28.3. The maximum absolute atomic E-state index is 13.0. The fourth-order valence-corrected chi connectivity index (χ4v) is 7.10. The van der Waals surface area contributed by atoms with Crippen LogP contribution < -0.4 is 11.5 Å². The number of nitrogens with two attached hydrogens (primary N) is 2. The summed E-state index contributed by atoms with van der Waals surface area (Å²) in [4.78, 5) is 57.8. The minimum absolute atomic E-state index is 0.000579. The van der Waals surface area contributed by atoms with Crippen molar-refractivity contribution >= 4 is 43.5 Å². The first-order valence-corrected chi connectivity index (χ1v) is 24.7. The predicted octanol–water partition coefficient (Wildman–Crippen LogP) is 8.59. The third-order valence-electron chi connectivity index (χ3n) is 8.81. The van der Waals surface area contributed by atoms with E-state index in [-0.39, 0.29) is 31.4 Å². The molecule has 0 spiro atoms. The van der Waals surface area contributed by atoms with E-state index in [0.29, 0.717) is 12.8 Å². The van der Waals surface area contributed by atoms with Gasteiger partial charge in [0.2, 0.25) is 0 Å². The van der Waals surface area contributed by atoms with Gasteiger partial charge in [-0.05, 0) is 77.0 Å². The summed E-state index contributed by atoms with van der Waals surface area (Å²) in [6, 6.07) is -2.81. The largest absolute Gasteiger partial charge is 0.481 e. The highest BCUT2D eigenvalue weighted by atomic mass is 32.2. The quantitative estimate of drug-likeness (QED) is 0.0111. The minimum atomic E-state index is -4.87. The fraction of sp³-hybridized carbons (Fsp3) is 0.574. The number of esters is 2. The monoisotopic (exact) mass is 938 g/mol. The van der Waals surface area contributed by atoms with Crippen LogP contribution >= 0.6 is 19.6 Å². The van der Waals surface area contributed by atoms with E-state index in [4.69, 9.17) is 35.7 Å². The third kappa shape index (κ3) is 37.5. The van der Waals surface area contributed by atoms with Gasteiger partial charge < -0.3 is 41.2 Å². The predicted molar refractivity (Wildman–Crippen MR) is 254 cm³/mol. The molecule has 0 rings (SSSR count). The van der Waals surface area contributed by atoms with Gasteiger partial charge >= 0.3 is 31.7 Å². The highest BCUT2D eigenvalue weighted by Crippen LogP contribution is 2.43. The van der Waals surface area contributed by atoms with Crippen molar-refractivity contribution in [3.63, 3.8) is 0 Å². The number of carboxylic acid groups (broad SMARTS) is 2. The topological polar surface area (TPSA) is 255 Å².